The van der Waals surface area contributed by atoms with Crippen molar-refractivity contribution >= 4 is 20.8 Å². The first-order valence-corrected chi connectivity index (χ1v) is 11.8. The van der Waals surface area contributed by atoms with Crippen molar-refractivity contribution in [2.75, 3.05) is 13.1 Å². The molecule has 164 valence electrons. The Morgan fingerprint density at radius 1 is 0.969 bits per heavy atom. The summed E-state index contributed by atoms with van der Waals surface area (Å²) in [5, 5.41) is 2.25. The Morgan fingerprint density at radius 3 is 2.25 bits per heavy atom. The summed E-state index contributed by atoms with van der Waals surface area (Å²) in [7, 11) is -3.41. The highest BCUT2D eigenvalue weighted by atomic mass is 32.2. The van der Waals surface area contributed by atoms with E-state index in [4.69, 9.17) is 9.15 Å². The molecule has 2 aromatic heterocycles. The van der Waals surface area contributed by atoms with E-state index in [9.17, 15) is 13.2 Å². The summed E-state index contributed by atoms with van der Waals surface area (Å²) in [4.78, 5) is 12.7. The normalized spacial score (nSPS) is 14.4. The van der Waals surface area contributed by atoms with Crippen LogP contribution in [0.4, 0.5) is 0 Å². The minimum atomic E-state index is -3.41. The van der Waals surface area contributed by atoms with Gasteiger partial charge in [0.05, 0.1) is 11.4 Å². The number of nitrogens with zero attached hydrogens (tertiary/aromatic N) is 2. The van der Waals surface area contributed by atoms with Crippen molar-refractivity contribution in [3.8, 4) is 5.75 Å². The van der Waals surface area contributed by atoms with Gasteiger partial charge in [-0.2, -0.15) is 4.31 Å². The minimum Gasteiger partial charge on any atom is -0.482 e. The van der Waals surface area contributed by atoms with Crippen molar-refractivity contribution in [1.82, 2.24) is 8.87 Å². The molecule has 5 rings (SSSR count). The van der Waals surface area contributed by atoms with Crippen molar-refractivity contribution in [3.63, 3.8) is 0 Å². The van der Waals surface area contributed by atoms with Crippen LogP contribution < -0.4 is 10.2 Å². The molecule has 7 nitrogen and oxygen atoms in total. The topological polar surface area (TPSA) is 81.8 Å². The van der Waals surface area contributed by atoms with Crippen LogP contribution in [0, 0.1) is 0 Å². The molecule has 0 aliphatic carbocycles. The van der Waals surface area contributed by atoms with Gasteiger partial charge in [0.15, 0.2) is 0 Å². The lowest BCUT2D eigenvalue weighted by Gasteiger charge is -2.29. The Kier molecular flexibility index (Phi) is 5.32. The number of ether oxygens (including phenoxy) is 1. The first-order valence-electron chi connectivity index (χ1n) is 10.4. The summed E-state index contributed by atoms with van der Waals surface area (Å²) in [6.07, 6.45) is 6.23. The highest BCUT2D eigenvalue weighted by Crippen LogP contribution is 2.22. The Hall–Kier alpha value is -3.36. The van der Waals surface area contributed by atoms with Gasteiger partial charge in [0.25, 0.3) is 0 Å². The van der Waals surface area contributed by atoms with Crippen LogP contribution >= 0.6 is 0 Å². The van der Waals surface area contributed by atoms with Crippen molar-refractivity contribution in [2.24, 2.45) is 0 Å². The van der Waals surface area contributed by atoms with Gasteiger partial charge >= 0.3 is 0 Å². The average molecular weight is 451 g/mol. The summed E-state index contributed by atoms with van der Waals surface area (Å²) in [5.41, 5.74) is 0.495. The third-order valence-corrected chi connectivity index (χ3v) is 7.48. The summed E-state index contributed by atoms with van der Waals surface area (Å²) in [6.45, 7) is 1.72. The summed E-state index contributed by atoms with van der Waals surface area (Å²) in [5.74, 6) is 0.645. The molecule has 0 radical (unpaired) electrons. The number of rotatable bonds is 7. The van der Waals surface area contributed by atoms with Gasteiger partial charge in [0, 0.05) is 31.5 Å². The second kappa shape index (κ2) is 8.29. The minimum absolute atomic E-state index is 0.115. The molecule has 2 aromatic carbocycles. The molecule has 0 atom stereocenters. The van der Waals surface area contributed by atoms with Gasteiger partial charge in [-0.3, -0.25) is 4.79 Å². The highest BCUT2D eigenvalue weighted by Gasteiger charge is 2.29. The zero-order valence-corrected chi connectivity index (χ0v) is 18.1. The standard InChI is InChI=1S/C24H22N2O5S/c27-23-12-21(15-25-13-19-4-1-2-5-20(19)14-25)30-17-24(23)31-16-18-6-8-22(9-7-18)32(28,29)26-10-3-11-26/h1-2,4-9,12-14,17H,3,10-11,15-16H2. The summed E-state index contributed by atoms with van der Waals surface area (Å²) < 4.78 is 39.5. The Labute approximate surface area is 185 Å². The SMILES string of the molecule is O=c1cc(Cn2cc3ccccc3c2)occ1OCc1ccc(S(=O)(=O)N2CCC2)cc1. The third kappa shape index (κ3) is 4.06. The number of sulfonamides is 1. The van der Waals surface area contributed by atoms with E-state index >= 15 is 0 Å². The van der Waals surface area contributed by atoms with Gasteiger partial charge in [0.2, 0.25) is 21.2 Å². The Bertz CT molecular complexity index is 1380. The van der Waals surface area contributed by atoms with Crippen molar-refractivity contribution < 1.29 is 17.6 Å². The van der Waals surface area contributed by atoms with Gasteiger partial charge in [-0.25, -0.2) is 8.42 Å². The van der Waals surface area contributed by atoms with Crippen molar-refractivity contribution in [1.29, 1.82) is 0 Å². The highest BCUT2D eigenvalue weighted by molar-refractivity contribution is 7.89. The maximum Gasteiger partial charge on any atom is 0.243 e. The van der Waals surface area contributed by atoms with Crippen LogP contribution in [0.2, 0.25) is 0 Å². The predicted molar refractivity (Wildman–Crippen MR) is 120 cm³/mol. The van der Waals surface area contributed by atoms with Gasteiger partial charge in [-0.1, -0.05) is 36.4 Å². The maximum absolute atomic E-state index is 12.4. The molecule has 0 unspecified atom stereocenters. The molecule has 1 saturated heterocycles. The lowest BCUT2D eigenvalue weighted by atomic mass is 10.2. The molecule has 0 bridgehead atoms. The smallest absolute Gasteiger partial charge is 0.243 e. The molecule has 0 N–H and O–H groups in total. The molecule has 32 heavy (non-hydrogen) atoms. The van der Waals surface area contributed by atoms with Gasteiger partial charge in [0.1, 0.15) is 18.6 Å². The van der Waals surface area contributed by atoms with E-state index in [2.05, 4.69) is 0 Å². The van der Waals surface area contributed by atoms with E-state index in [0.717, 1.165) is 22.8 Å². The molecule has 1 fully saturated rings. The van der Waals surface area contributed by atoms with E-state index in [0.29, 0.717) is 25.4 Å². The van der Waals surface area contributed by atoms with Crippen LogP contribution in [0.5, 0.6) is 5.75 Å². The largest absolute Gasteiger partial charge is 0.482 e. The van der Waals surface area contributed by atoms with Gasteiger partial charge in [-0.05, 0) is 34.9 Å². The van der Waals surface area contributed by atoms with Crippen LogP contribution in [0.1, 0.15) is 17.7 Å². The summed E-state index contributed by atoms with van der Waals surface area (Å²) in [6, 6.07) is 16.0. The number of hydrogen-bond acceptors (Lipinski definition) is 5. The van der Waals surface area contributed by atoms with E-state index in [1.807, 2.05) is 41.2 Å². The molecule has 8 heteroatoms. The molecule has 0 amide bonds. The lowest BCUT2D eigenvalue weighted by molar-refractivity contribution is 0.289. The monoisotopic (exact) mass is 450 g/mol. The zero-order valence-electron chi connectivity index (χ0n) is 17.3. The van der Waals surface area contributed by atoms with Gasteiger partial charge in [-0.15, -0.1) is 0 Å². The number of hydrogen-bond donors (Lipinski definition) is 0. The van der Waals surface area contributed by atoms with E-state index < -0.39 is 10.0 Å². The van der Waals surface area contributed by atoms with E-state index in [-0.39, 0.29) is 22.7 Å². The van der Waals surface area contributed by atoms with Crippen LogP contribution in [-0.4, -0.2) is 30.4 Å². The molecule has 4 aromatic rings. The Balaban J connectivity index is 1.23. The van der Waals surface area contributed by atoms with E-state index in [1.54, 1.807) is 24.3 Å². The number of aromatic nitrogens is 1. The summed E-state index contributed by atoms with van der Waals surface area (Å²) >= 11 is 0. The quantitative estimate of drug-likeness (QED) is 0.430. The van der Waals surface area contributed by atoms with Crippen molar-refractivity contribution in [3.05, 3.63) is 94.8 Å². The third-order valence-electron chi connectivity index (χ3n) is 5.57. The predicted octanol–water partition coefficient (Wildman–Crippen LogP) is 3.62. The van der Waals surface area contributed by atoms with Crippen LogP contribution in [0.15, 0.2) is 87.4 Å². The number of fused-ring (bicyclic) bond motifs is 1. The second-order valence-corrected chi connectivity index (χ2v) is 9.76. The van der Waals surface area contributed by atoms with Crippen LogP contribution in [-0.2, 0) is 23.2 Å². The average Bonchev–Trinajstić information content (AvgIpc) is 3.14. The Morgan fingerprint density at radius 2 is 1.66 bits per heavy atom. The second-order valence-electron chi connectivity index (χ2n) is 7.82. The first kappa shape index (κ1) is 20.5. The maximum atomic E-state index is 12.4. The molecule has 1 aliphatic rings. The molecule has 1 aliphatic heterocycles. The number of benzene rings is 2. The van der Waals surface area contributed by atoms with Crippen molar-refractivity contribution in [2.45, 2.75) is 24.5 Å². The molecular formula is C24H22N2O5S. The molecule has 0 spiro atoms. The fourth-order valence-electron chi connectivity index (χ4n) is 3.63. The first-order chi connectivity index (χ1) is 15.5. The van der Waals surface area contributed by atoms with Crippen LogP contribution in [0.25, 0.3) is 10.8 Å². The molecule has 0 saturated carbocycles. The molecule has 3 heterocycles. The zero-order chi connectivity index (χ0) is 22.1. The van der Waals surface area contributed by atoms with Gasteiger partial charge < -0.3 is 13.7 Å². The van der Waals surface area contributed by atoms with E-state index in [1.165, 1.54) is 16.6 Å². The fraction of sp³-hybridized carbons (Fsp3) is 0.208. The fourth-order valence-corrected chi connectivity index (χ4v) is 5.15. The lowest BCUT2D eigenvalue weighted by Crippen LogP contribution is -2.41. The van der Waals surface area contributed by atoms with Crippen LogP contribution in [0.3, 0.4) is 0 Å². The molecular weight excluding hydrogens is 428 g/mol.